The summed E-state index contributed by atoms with van der Waals surface area (Å²) >= 11 is 8.20. The number of hydrogen-bond donors (Lipinski definition) is 2. The number of aryl methyl sites for hydroxylation is 1. The minimum absolute atomic E-state index is 0.00373. The molecule has 9 nitrogen and oxygen atoms in total. The van der Waals surface area contributed by atoms with Gasteiger partial charge in [0.1, 0.15) is 16.1 Å². The van der Waals surface area contributed by atoms with Gasteiger partial charge in [-0.1, -0.05) is 46.8 Å². The van der Waals surface area contributed by atoms with E-state index in [1.165, 1.54) is 24.3 Å². The lowest BCUT2D eigenvalue weighted by atomic mass is 10.1. The average molecular weight is 557 g/mol. The molecule has 0 unspecified atom stereocenters. The number of nitrogens with one attached hydrogen (secondary N) is 2. The quantitative estimate of drug-likeness (QED) is 0.290. The van der Waals surface area contributed by atoms with Gasteiger partial charge in [-0.3, -0.25) is 9.52 Å². The zero-order chi connectivity index (χ0) is 25.7. The highest BCUT2D eigenvalue weighted by Gasteiger charge is 2.17. The minimum atomic E-state index is -3.83. The number of rotatable bonds is 8. The van der Waals surface area contributed by atoms with Crippen LogP contribution in [0.15, 0.2) is 70.6 Å². The van der Waals surface area contributed by atoms with Crippen molar-refractivity contribution in [3.05, 3.63) is 76.3 Å². The van der Waals surface area contributed by atoms with E-state index in [4.69, 9.17) is 11.6 Å². The smallest absolute Gasteiger partial charge is 0.263 e. The summed E-state index contributed by atoms with van der Waals surface area (Å²) < 4.78 is 27.4. The van der Waals surface area contributed by atoms with Gasteiger partial charge in [0, 0.05) is 16.3 Å². The first-order valence-electron chi connectivity index (χ1n) is 10.3. The Morgan fingerprint density at radius 1 is 1.08 bits per heavy atom. The van der Waals surface area contributed by atoms with Crippen molar-refractivity contribution >= 4 is 61.4 Å². The van der Waals surface area contributed by atoms with Gasteiger partial charge in [-0.05, 0) is 55.5 Å². The van der Waals surface area contributed by atoms with Crippen LogP contribution in [0.3, 0.4) is 0 Å². The Bertz CT molecular complexity index is 1550. The molecule has 13 heteroatoms. The Morgan fingerprint density at radius 2 is 1.81 bits per heavy atom. The highest BCUT2D eigenvalue weighted by atomic mass is 35.5. The highest BCUT2D eigenvalue weighted by Crippen LogP contribution is 2.27. The van der Waals surface area contributed by atoms with Crippen LogP contribution >= 0.6 is 34.7 Å². The van der Waals surface area contributed by atoms with Gasteiger partial charge >= 0.3 is 0 Å². The molecule has 0 atom stereocenters. The predicted octanol–water partition coefficient (Wildman–Crippen LogP) is 4.97. The summed E-state index contributed by atoms with van der Waals surface area (Å²) in [5, 5.41) is 21.5. The van der Waals surface area contributed by atoms with E-state index in [0.29, 0.717) is 32.0 Å². The normalized spacial score (nSPS) is 11.0. The fourth-order valence-electron chi connectivity index (χ4n) is 2.98. The number of carbonyl (C=O) groups excluding carboxylic acids is 1. The Morgan fingerprint density at radius 3 is 2.44 bits per heavy atom. The van der Waals surface area contributed by atoms with Crippen LogP contribution in [0.2, 0.25) is 5.02 Å². The molecule has 0 aliphatic heterocycles. The van der Waals surface area contributed by atoms with Gasteiger partial charge in [0.05, 0.1) is 21.9 Å². The molecule has 0 aliphatic rings. The maximum atomic E-state index is 12.5. The Labute approximate surface area is 220 Å². The van der Waals surface area contributed by atoms with Gasteiger partial charge in [-0.2, -0.15) is 5.26 Å². The molecule has 4 aromatic rings. The maximum Gasteiger partial charge on any atom is 0.263 e. The van der Waals surface area contributed by atoms with Crippen molar-refractivity contribution in [2.24, 2.45) is 0 Å². The summed E-state index contributed by atoms with van der Waals surface area (Å²) in [6.07, 6.45) is 0. The highest BCUT2D eigenvalue weighted by molar-refractivity contribution is 8.00. The molecule has 182 valence electrons. The van der Waals surface area contributed by atoms with Crippen LogP contribution < -0.4 is 10.0 Å². The van der Waals surface area contributed by atoms with Gasteiger partial charge in [-0.15, -0.1) is 10.2 Å². The van der Waals surface area contributed by atoms with Gasteiger partial charge in [0.25, 0.3) is 10.0 Å². The second-order valence-electron chi connectivity index (χ2n) is 7.26. The van der Waals surface area contributed by atoms with Crippen molar-refractivity contribution < 1.29 is 13.2 Å². The number of sulfonamides is 1. The van der Waals surface area contributed by atoms with Crippen molar-refractivity contribution in [1.29, 1.82) is 5.26 Å². The van der Waals surface area contributed by atoms with Crippen molar-refractivity contribution in [3.63, 3.8) is 0 Å². The first kappa shape index (κ1) is 25.6. The van der Waals surface area contributed by atoms with Crippen LogP contribution in [0.1, 0.15) is 10.6 Å². The number of benzene rings is 2. The third kappa shape index (κ3) is 6.38. The molecule has 0 spiro atoms. The number of nitrogens with zero attached hydrogens (tertiary/aromatic N) is 4. The summed E-state index contributed by atoms with van der Waals surface area (Å²) in [7, 11) is -3.83. The predicted molar refractivity (Wildman–Crippen MR) is 141 cm³/mol. The standard InChI is InChI=1S/C23H17ClN6O3S3/c1-14-28-29-23(35-14)30-36(32,33)19-9-7-18(8-10-19)26-21(31)13-34-22-16(12-25)4-11-20(27-22)15-2-5-17(24)6-3-15/h2-11H,13H2,1H3,(H,26,31)(H,29,30). The molecule has 0 radical (unpaired) electrons. The number of halogens is 1. The second-order valence-corrected chi connectivity index (χ2v) is 11.5. The summed E-state index contributed by atoms with van der Waals surface area (Å²) in [5.74, 6) is -0.329. The summed E-state index contributed by atoms with van der Waals surface area (Å²) in [5.41, 5.74) is 2.27. The molecular weight excluding hydrogens is 540 g/mol. The topological polar surface area (TPSA) is 138 Å². The van der Waals surface area contributed by atoms with E-state index in [1.807, 2.05) is 12.1 Å². The molecule has 0 saturated carbocycles. The first-order chi connectivity index (χ1) is 17.2. The van der Waals surface area contributed by atoms with E-state index in [0.717, 1.165) is 28.7 Å². The zero-order valence-corrected chi connectivity index (χ0v) is 21.8. The lowest BCUT2D eigenvalue weighted by Crippen LogP contribution is -2.15. The van der Waals surface area contributed by atoms with Crippen molar-refractivity contribution in [1.82, 2.24) is 15.2 Å². The van der Waals surface area contributed by atoms with Crippen LogP contribution in [0.4, 0.5) is 10.8 Å². The number of carbonyl (C=O) groups is 1. The summed E-state index contributed by atoms with van der Waals surface area (Å²) in [6.45, 7) is 1.72. The van der Waals surface area contributed by atoms with Gasteiger partial charge < -0.3 is 5.32 Å². The molecule has 2 N–H and O–H groups in total. The molecule has 36 heavy (non-hydrogen) atoms. The monoisotopic (exact) mass is 556 g/mol. The van der Waals surface area contributed by atoms with Gasteiger partial charge in [0.15, 0.2) is 0 Å². The number of hydrogen-bond acceptors (Lipinski definition) is 9. The van der Waals surface area contributed by atoms with E-state index in [-0.39, 0.29) is 21.7 Å². The van der Waals surface area contributed by atoms with E-state index in [1.54, 1.807) is 31.2 Å². The summed E-state index contributed by atoms with van der Waals surface area (Å²) in [6, 6.07) is 18.4. The fourth-order valence-corrected chi connectivity index (χ4v) is 5.70. The minimum Gasteiger partial charge on any atom is -0.325 e. The van der Waals surface area contributed by atoms with Crippen LogP contribution in [-0.2, 0) is 14.8 Å². The number of pyridine rings is 1. The number of aromatic nitrogens is 3. The maximum absolute atomic E-state index is 12.5. The van der Waals surface area contributed by atoms with Crippen molar-refractivity contribution in [2.75, 3.05) is 15.8 Å². The molecule has 0 bridgehead atoms. The molecule has 0 fully saturated rings. The largest absolute Gasteiger partial charge is 0.325 e. The lowest BCUT2D eigenvalue weighted by molar-refractivity contribution is -0.113. The lowest BCUT2D eigenvalue weighted by Gasteiger charge is -2.09. The molecule has 0 aliphatic carbocycles. The SMILES string of the molecule is Cc1nnc(NS(=O)(=O)c2ccc(NC(=O)CSc3nc(-c4ccc(Cl)cc4)ccc3C#N)cc2)s1. The number of thioether (sulfide) groups is 1. The first-order valence-corrected chi connectivity index (χ1v) is 13.9. The third-order valence-electron chi connectivity index (χ3n) is 4.66. The zero-order valence-electron chi connectivity index (χ0n) is 18.6. The van der Waals surface area contributed by atoms with Gasteiger partial charge in [0.2, 0.25) is 11.0 Å². The number of nitriles is 1. The van der Waals surface area contributed by atoms with Crippen LogP contribution in [0.5, 0.6) is 0 Å². The van der Waals surface area contributed by atoms with Crippen LogP contribution in [0, 0.1) is 18.3 Å². The van der Waals surface area contributed by atoms with Crippen molar-refractivity contribution in [2.45, 2.75) is 16.8 Å². The second kappa shape index (κ2) is 11.0. The molecule has 2 aromatic carbocycles. The molecule has 2 heterocycles. The van der Waals surface area contributed by atoms with Crippen LogP contribution in [-0.4, -0.2) is 35.3 Å². The Balaban J connectivity index is 1.39. The van der Waals surface area contributed by atoms with Gasteiger partial charge in [-0.25, -0.2) is 13.4 Å². The average Bonchev–Trinajstić information content (AvgIpc) is 3.27. The Hall–Kier alpha value is -3.50. The number of anilines is 2. The molecule has 0 saturated heterocycles. The fraction of sp³-hybridized carbons (Fsp3) is 0.0870. The van der Waals surface area contributed by atoms with Crippen LogP contribution in [0.25, 0.3) is 11.3 Å². The van der Waals surface area contributed by atoms with E-state index >= 15 is 0 Å². The van der Waals surface area contributed by atoms with E-state index in [9.17, 15) is 18.5 Å². The van der Waals surface area contributed by atoms with Crippen molar-refractivity contribution in [3.8, 4) is 17.3 Å². The number of amides is 1. The molecule has 4 rings (SSSR count). The third-order valence-corrected chi connectivity index (χ3v) is 8.14. The van der Waals surface area contributed by atoms with E-state index < -0.39 is 10.0 Å². The molecule has 1 amide bonds. The Kier molecular flexibility index (Phi) is 7.85. The molecule has 2 aromatic heterocycles. The van der Waals surface area contributed by atoms with E-state index in [2.05, 4.69) is 31.3 Å². The molecular formula is C23H17ClN6O3S3. The summed E-state index contributed by atoms with van der Waals surface area (Å²) in [4.78, 5) is 17.1.